The van der Waals surface area contributed by atoms with Crippen LogP contribution in [0.3, 0.4) is 0 Å². The van der Waals surface area contributed by atoms with Gasteiger partial charge >= 0.3 is 0 Å². The van der Waals surface area contributed by atoms with Crippen LogP contribution in [0.4, 0.5) is 0 Å². The molecular weight excluding hydrogens is 318 g/mol. The molecule has 1 unspecified atom stereocenters. The lowest BCUT2D eigenvalue weighted by Crippen LogP contribution is -2.38. The zero-order valence-corrected chi connectivity index (χ0v) is 15.0. The third-order valence-corrected chi connectivity index (χ3v) is 5.66. The molecule has 2 N–H and O–H groups in total. The fraction of sp³-hybridized carbons (Fsp3) is 0.421. The zero-order valence-electron chi connectivity index (χ0n) is 14.1. The van der Waals surface area contributed by atoms with Crippen LogP contribution in [-0.4, -0.2) is 41.4 Å². The van der Waals surface area contributed by atoms with Gasteiger partial charge in [-0.15, -0.1) is 11.3 Å². The van der Waals surface area contributed by atoms with Crippen LogP contribution in [0.25, 0.3) is 0 Å². The van der Waals surface area contributed by atoms with Crippen molar-refractivity contribution in [3.63, 3.8) is 0 Å². The number of carbonyl (C=O) groups is 1. The molecule has 5 heteroatoms. The lowest BCUT2D eigenvalue weighted by Gasteiger charge is -2.28. The molecule has 1 atom stereocenters. The maximum Gasteiger partial charge on any atom is 0.258 e. The van der Waals surface area contributed by atoms with Gasteiger partial charge in [0.05, 0.1) is 4.88 Å². The number of carbonyl (C=O) groups excluding carboxylic acids is 1. The summed E-state index contributed by atoms with van der Waals surface area (Å²) in [5.41, 5.74) is 6.73. The Labute approximate surface area is 147 Å². The monoisotopic (exact) mass is 343 g/mol. The van der Waals surface area contributed by atoms with Crippen molar-refractivity contribution in [3.05, 3.63) is 57.8 Å². The van der Waals surface area contributed by atoms with Crippen LogP contribution >= 0.6 is 11.3 Å². The maximum absolute atomic E-state index is 11.3. The summed E-state index contributed by atoms with van der Waals surface area (Å²) in [7, 11) is 0. The van der Waals surface area contributed by atoms with Crippen LogP contribution in [0, 0.1) is 0 Å². The number of rotatable bonds is 5. The van der Waals surface area contributed by atoms with Crippen molar-refractivity contribution in [2.24, 2.45) is 5.73 Å². The van der Waals surface area contributed by atoms with Crippen molar-refractivity contribution < 1.29 is 4.79 Å². The lowest BCUT2D eigenvalue weighted by molar-refractivity contribution is 0.100. The summed E-state index contributed by atoms with van der Waals surface area (Å²) in [5.74, 6) is -0.329. The number of benzene rings is 1. The van der Waals surface area contributed by atoms with Gasteiger partial charge in [0.2, 0.25) is 0 Å². The summed E-state index contributed by atoms with van der Waals surface area (Å²) in [5, 5.41) is 0. The Kier molecular flexibility index (Phi) is 5.66. The van der Waals surface area contributed by atoms with Crippen LogP contribution in [0.1, 0.15) is 33.5 Å². The molecule has 1 aliphatic heterocycles. The van der Waals surface area contributed by atoms with E-state index in [0.717, 1.165) is 32.7 Å². The van der Waals surface area contributed by atoms with E-state index in [9.17, 15) is 4.79 Å². The Hall–Kier alpha value is -1.69. The molecule has 2 aromatic rings. The van der Waals surface area contributed by atoms with Crippen LogP contribution < -0.4 is 5.73 Å². The van der Waals surface area contributed by atoms with Crippen molar-refractivity contribution in [1.82, 2.24) is 9.80 Å². The first kappa shape index (κ1) is 17.1. The Morgan fingerprint density at radius 1 is 1.17 bits per heavy atom. The minimum absolute atomic E-state index is 0.329. The van der Waals surface area contributed by atoms with Gasteiger partial charge in [-0.05, 0) is 37.6 Å². The summed E-state index contributed by atoms with van der Waals surface area (Å²) in [6.07, 6.45) is 1.17. The standard InChI is InChI=1S/C19H25N3OS/c1-15-12-21(13-16-6-3-2-4-7-16)10-5-11-22(15)14-17-8-9-18(24-17)19(20)23/h2-4,6-9,15H,5,10-14H2,1H3,(H2,20,23). The Morgan fingerprint density at radius 3 is 2.67 bits per heavy atom. The highest BCUT2D eigenvalue weighted by atomic mass is 32.1. The first-order chi connectivity index (χ1) is 11.6. The highest BCUT2D eigenvalue weighted by molar-refractivity contribution is 7.14. The molecule has 128 valence electrons. The lowest BCUT2D eigenvalue weighted by atomic mass is 10.2. The third-order valence-electron chi connectivity index (χ3n) is 4.58. The molecule has 0 spiro atoms. The summed E-state index contributed by atoms with van der Waals surface area (Å²) >= 11 is 1.52. The van der Waals surface area contributed by atoms with Crippen LogP contribution in [-0.2, 0) is 13.1 Å². The van der Waals surface area contributed by atoms with E-state index in [1.807, 2.05) is 12.1 Å². The number of amides is 1. The summed E-state index contributed by atoms with van der Waals surface area (Å²) in [4.78, 5) is 18.2. The SMILES string of the molecule is CC1CN(Cc2ccccc2)CCCN1Cc1ccc(C(N)=O)s1. The smallest absolute Gasteiger partial charge is 0.258 e. The van der Waals surface area contributed by atoms with Crippen LogP contribution in [0.2, 0.25) is 0 Å². The molecule has 1 aliphatic rings. The topological polar surface area (TPSA) is 49.6 Å². The average Bonchev–Trinajstić information content (AvgIpc) is 2.96. The van der Waals surface area contributed by atoms with Gasteiger partial charge in [-0.3, -0.25) is 14.6 Å². The summed E-state index contributed by atoms with van der Waals surface area (Å²) < 4.78 is 0. The highest BCUT2D eigenvalue weighted by Gasteiger charge is 2.22. The van der Waals surface area contributed by atoms with E-state index in [1.165, 1.54) is 28.2 Å². The minimum atomic E-state index is -0.329. The first-order valence-corrected chi connectivity index (χ1v) is 9.32. The highest BCUT2D eigenvalue weighted by Crippen LogP contribution is 2.21. The normalized spacial score (nSPS) is 20.0. The third kappa shape index (κ3) is 4.44. The van der Waals surface area contributed by atoms with E-state index in [0.29, 0.717) is 10.9 Å². The number of hydrogen-bond acceptors (Lipinski definition) is 4. The number of primary amides is 1. The Balaban J connectivity index is 1.59. The number of nitrogens with two attached hydrogens (primary N) is 1. The molecule has 0 bridgehead atoms. The van der Waals surface area contributed by atoms with Gasteiger partial charge in [0.15, 0.2) is 0 Å². The van der Waals surface area contributed by atoms with E-state index in [1.54, 1.807) is 0 Å². The fourth-order valence-corrected chi connectivity index (χ4v) is 4.20. The molecule has 0 aliphatic carbocycles. The molecule has 2 heterocycles. The summed E-state index contributed by atoms with van der Waals surface area (Å²) in [6.45, 7) is 7.51. The van der Waals surface area contributed by atoms with Gasteiger partial charge in [0, 0.05) is 37.1 Å². The van der Waals surface area contributed by atoms with Gasteiger partial charge in [0.1, 0.15) is 0 Å². The predicted octanol–water partition coefficient (Wildman–Crippen LogP) is 2.94. The molecule has 1 fully saturated rings. The molecule has 1 aromatic heterocycles. The molecule has 3 rings (SSSR count). The molecular formula is C19H25N3OS. The summed E-state index contributed by atoms with van der Waals surface area (Å²) in [6, 6.07) is 15.0. The van der Waals surface area contributed by atoms with Crippen molar-refractivity contribution in [2.75, 3.05) is 19.6 Å². The first-order valence-electron chi connectivity index (χ1n) is 8.50. The Bertz CT molecular complexity index is 670. The average molecular weight is 343 g/mol. The quantitative estimate of drug-likeness (QED) is 0.908. The molecule has 0 radical (unpaired) electrons. The van der Waals surface area contributed by atoms with Crippen molar-refractivity contribution in [3.8, 4) is 0 Å². The van der Waals surface area contributed by atoms with E-state index >= 15 is 0 Å². The number of thiophene rings is 1. The van der Waals surface area contributed by atoms with Crippen molar-refractivity contribution in [1.29, 1.82) is 0 Å². The predicted molar refractivity (Wildman–Crippen MR) is 99.0 cm³/mol. The zero-order chi connectivity index (χ0) is 16.9. The second-order valence-electron chi connectivity index (χ2n) is 6.52. The largest absolute Gasteiger partial charge is 0.365 e. The second kappa shape index (κ2) is 7.92. The minimum Gasteiger partial charge on any atom is -0.365 e. The number of nitrogens with zero attached hydrogens (tertiary/aromatic N) is 2. The van der Waals surface area contributed by atoms with E-state index in [-0.39, 0.29) is 5.91 Å². The van der Waals surface area contributed by atoms with Crippen LogP contribution in [0.5, 0.6) is 0 Å². The molecule has 1 saturated heterocycles. The van der Waals surface area contributed by atoms with Crippen molar-refractivity contribution >= 4 is 17.2 Å². The molecule has 24 heavy (non-hydrogen) atoms. The van der Waals surface area contributed by atoms with Gasteiger partial charge in [-0.1, -0.05) is 30.3 Å². The molecule has 0 saturated carbocycles. The molecule has 1 aromatic carbocycles. The van der Waals surface area contributed by atoms with Gasteiger partial charge in [0.25, 0.3) is 5.91 Å². The second-order valence-corrected chi connectivity index (χ2v) is 7.69. The van der Waals surface area contributed by atoms with Gasteiger partial charge in [-0.2, -0.15) is 0 Å². The maximum atomic E-state index is 11.3. The number of hydrogen-bond donors (Lipinski definition) is 1. The van der Waals surface area contributed by atoms with E-state index < -0.39 is 0 Å². The Morgan fingerprint density at radius 2 is 1.96 bits per heavy atom. The van der Waals surface area contributed by atoms with Gasteiger partial charge in [-0.25, -0.2) is 0 Å². The van der Waals surface area contributed by atoms with Crippen molar-refractivity contribution in [2.45, 2.75) is 32.5 Å². The molecule has 1 amide bonds. The van der Waals surface area contributed by atoms with Crippen LogP contribution in [0.15, 0.2) is 42.5 Å². The fourth-order valence-electron chi connectivity index (χ4n) is 3.31. The van der Waals surface area contributed by atoms with E-state index in [4.69, 9.17) is 5.73 Å². The molecule has 4 nitrogen and oxygen atoms in total. The van der Waals surface area contributed by atoms with E-state index in [2.05, 4.69) is 47.1 Å². The van der Waals surface area contributed by atoms with Gasteiger partial charge < -0.3 is 5.73 Å².